The second-order valence-corrected chi connectivity index (χ2v) is 6.19. The van der Waals surface area contributed by atoms with E-state index in [0.717, 1.165) is 19.3 Å². The highest BCUT2D eigenvalue weighted by Crippen LogP contribution is 2.34. The van der Waals surface area contributed by atoms with Crippen LogP contribution in [0.1, 0.15) is 53.4 Å². The highest BCUT2D eigenvalue weighted by molar-refractivity contribution is 5.87. The number of carbonyl (C=O) groups is 2. The molecule has 3 atom stereocenters. The van der Waals surface area contributed by atoms with Gasteiger partial charge in [0.05, 0.1) is 5.92 Å². The lowest BCUT2D eigenvalue weighted by Gasteiger charge is -2.32. The first-order valence-corrected chi connectivity index (χ1v) is 7.40. The summed E-state index contributed by atoms with van der Waals surface area (Å²) in [4.78, 5) is 25.3. The SMILES string of the molecule is CCCCN1C(=O)CC(C(=O)O)C1C(C)CC(C)C. The number of aliphatic carboxylic acids is 1. The van der Waals surface area contributed by atoms with Crippen LogP contribution < -0.4 is 0 Å². The Balaban J connectivity index is 2.86. The maximum atomic E-state index is 12.1. The van der Waals surface area contributed by atoms with Gasteiger partial charge in [-0.25, -0.2) is 0 Å². The molecule has 0 radical (unpaired) electrons. The Morgan fingerprint density at radius 2 is 2.05 bits per heavy atom. The van der Waals surface area contributed by atoms with Gasteiger partial charge in [0.2, 0.25) is 5.91 Å². The molecular weight excluding hydrogens is 242 g/mol. The van der Waals surface area contributed by atoms with Crippen molar-refractivity contribution >= 4 is 11.9 Å². The first-order chi connectivity index (χ1) is 8.88. The number of carbonyl (C=O) groups excluding carboxylic acids is 1. The number of rotatable bonds is 7. The van der Waals surface area contributed by atoms with Crippen molar-refractivity contribution in [2.45, 2.75) is 59.4 Å². The molecule has 1 amide bonds. The van der Waals surface area contributed by atoms with E-state index in [4.69, 9.17) is 0 Å². The lowest BCUT2D eigenvalue weighted by atomic mass is 9.85. The molecule has 1 aliphatic heterocycles. The molecule has 0 aliphatic carbocycles. The van der Waals surface area contributed by atoms with Crippen molar-refractivity contribution in [3.8, 4) is 0 Å². The highest BCUT2D eigenvalue weighted by atomic mass is 16.4. The minimum Gasteiger partial charge on any atom is -0.481 e. The second-order valence-electron chi connectivity index (χ2n) is 6.19. The number of likely N-dealkylation sites (tertiary alicyclic amines) is 1. The first kappa shape index (κ1) is 16.0. The monoisotopic (exact) mass is 269 g/mol. The van der Waals surface area contributed by atoms with Crippen molar-refractivity contribution in [1.29, 1.82) is 0 Å². The predicted molar refractivity (Wildman–Crippen MR) is 74.8 cm³/mol. The Bertz CT molecular complexity index is 327. The lowest BCUT2D eigenvalue weighted by Crippen LogP contribution is -2.42. The fraction of sp³-hybridized carbons (Fsp3) is 0.867. The molecule has 4 nitrogen and oxygen atoms in total. The average molecular weight is 269 g/mol. The summed E-state index contributed by atoms with van der Waals surface area (Å²) >= 11 is 0. The van der Waals surface area contributed by atoms with E-state index in [-0.39, 0.29) is 24.3 Å². The number of hydrogen-bond donors (Lipinski definition) is 1. The van der Waals surface area contributed by atoms with Gasteiger partial charge in [0.25, 0.3) is 0 Å². The van der Waals surface area contributed by atoms with Crippen molar-refractivity contribution in [2.24, 2.45) is 17.8 Å². The third-order valence-corrected chi connectivity index (χ3v) is 3.98. The summed E-state index contributed by atoms with van der Waals surface area (Å²) in [6.45, 7) is 9.14. The Morgan fingerprint density at radius 1 is 1.42 bits per heavy atom. The van der Waals surface area contributed by atoms with Crippen LogP contribution in [0.4, 0.5) is 0 Å². The second kappa shape index (κ2) is 6.92. The van der Waals surface area contributed by atoms with E-state index in [1.54, 1.807) is 0 Å². The van der Waals surface area contributed by atoms with Crippen molar-refractivity contribution in [3.05, 3.63) is 0 Å². The van der Waals surface area contributed by atoms with Gasteiger partial charge in [-0.3, -0.25) is 9.59 Å². The Kier molecular flexibility index (Phi) is 5.83. The van der Waals surface area contributed by atoms with Crippen LogP contribution in [0.25, 0.3) is 0 Å². The van der Waals surface area contributed by atoms with Gasteiger partial charge >= 0.3 is 5.97 Å². The van der Waals surface area contributed by atoms with Crippen molar-refractivity contribution in [2.75, 3.05) is 6.54 Å². The van der Waals surface area contributed by atoms with E-state index < -0.39 is 11.9 Å². The zero-order valence-electron chi connectivity index (χ0n) is 12.6. The molecule has 3 unspecified atom stereocenters. The molecule has 4 heteroatoms. The molecule has 0 aromatic heterocycles. The molecule has 0 saturated carbocycles. The molecule has 110 valence electrons. The van der Waals surface area contributed by atoms with Crippen molar-refractivity contribution < 1.29 is 14.7 Å². The van der Waals surface area contributed by atoms with Crippen LogP contribution in [0, 0.1) is 17.8 Å². The van der Waals surface area contributed by atoms with Gasteiger partial charge in [-0.2, -0.15) is 0 Å². The van der Waals surface area contributed by atoms with Gasteiger partial charge < -0.3 is 10.0 Å². The molecular formula is C15H27NO3. The zero-order valence-corrected chi connectivity index (χ0v) is 12.6. The topological polar surface area (TPSA) is 57.6 Å². The van der Waals surface area contributed by atoms with E-state index in [1.807, 2.05) is 4.90 Å². The van der Waals surface area contributed by atoms with Crippen LogP contribution in [0.2, 0.25) is 0 Å². The number of amides is 1. The van der Waals surface area contributed by atoms with Gasteiger partial charge in [-0.15, -0.1) is 0 Å². The highest BCUT2D eigenvalue weighted by Gasteiger charge is 2.45. The molecule has 0 aromatic rings. The van der Waals surface area contributed by atoms with Gasteiger partial charge in [-0.05, 0) is 24.7 Å². The number of carboxylic acid groups (broad SMARTS) is 1. The molecule has 1 fully saturated rings. The number of unbranched alkanes of at least 4 members (excludes halogenated alkanes) is 1. The van der Waals surface area contributed by atoms with E-state index in [2.05, 4.69) is 27.7 Å². The van der Waals surface area contributed by atoms with Gasteiger partial charge in [-0.1, -0.05) is 34.1 Å². The van der Waals surface area contributed by atoms with Gasteiger partial charge in [0, 0.05) is 19.0 Å². The Labute approximate surface area is 116 Å². The van der Waals surface area contributed by atoms with E-state index in [1.165, 1.54) is 0 Å². The summed E-state index contributed by atoms with van der Waals surface area (Å²) in [6.07, 6.45) is 3.10. The number of nitrogens with zero attached hydrogens (tertiary/aromatic N) is 1. The molecule has 19 heavy (non-hydrogen) atoms. The average Bonchev–Trinajstić information content (AvgIpc) is 2.63. The third-order valence-electron chi connectivity index (χ3n) is 3.98. The van der Waals surface area contributed by atoms with E-state index in [9.17, 15) is 14.7 Å². The van der Waals surface area contributed by atoms with Crippen LogP contribution in [0.15, 0.2) is 0 Å². The fourth-order valence-electron chi connectivity index (χ4n) is 3.23. The number of hydrogen-bond acceptors (Lipinski definition) is 2. The van der Waals surface area contributed by atoms with Gasteiger partial charge in [0.15, 0.2) is 0 Å². The summed E-state index contributed by atoms with van der Waals surface area (Å²) < 4.78 is 0. The first-order valence-electron chi connectivity index (χ1n) is 7.40. The molecule has 0 spiro atoms. The van der Waals surface area contributed by atoms with Crippen LogP contribution in [0.5, 0.6) is 0 Å². The maximum absolute atomic E-state index is 12.1. The minimum absolute atomic E-state index is 0.0152. The summed E-state index contributed by atoms with van der Waals surface area (Å²) in [5.41, 5.74) is 0. The van der Waals surface area contributed by atoms with Crippen molar-refractivity contribution in [3.63, 3.8) is 0 Å². The molecule has 1 N–H and O–H groups in total. The molecule has 1 saturated heterocycles. The quantitative estimate of drug-likeness (QED) is 0.773. The molecule has 0 bridgehead atoms. The summed E-state index contributed by atoms with van der Waals surface area (Å²) in [5.74, 6) is -0.579. The van der Waals surface area contributed by atoms with Gasteiger partial charge in [0.1, 0.15) is 0 Å². The van der Waals surface area contributed by atoms with Crippen LogP contribution in [-0.2, 0) is 9.59 Å². The molecule has 1 aliphatic rings. The molecule has 1 heterocycles. The summed E-state index contributed by atoms with van der Waals surface area (Å²) in [6, 6.07) is -0.126. The Hall–Kier alpha value is -1.06. The lowest BCUT2D eigenvalue weighted by molar-refractivity contribution is -0.143. The maximum Gasteiger partial charge on any atom is 0.309 e. The minimum atomic E-state index is -0.826. The molecule has 0 aromatic carbocycles. The van der Waals surface area contributed by atoms with Crippen LogP contribution in [-0.4, -0.2) is 34.5 Å². The van der Waals surface area contributed by atoms with Crippen LogP contribution in [0.3, 0.4) is 0 Å². The smallest absolute Gasteiger partial charge is 0.309 e. The predicted octanol–water partition coefficient (Wildman–Crippen LogP) is 2.77. The zero-order chi connectivity index (χ0) is 14.6. The standard InChI is InChI=1S/C15H27NO3/c1-5-6-7-16-13(17)9-12(15(18)19)14(16)11(4)8-10(2)3/h10-12,14H,5-9H2,1-4H3,(H,18,19). The van der Waals surface area contributed by atoms with E-state index in [0.29, 0.717) is 12.5 Å². The Morgan fingerprint density at radius 3 is 2.53 bits per heavy atom. The van der Waals surface area contributed by atoms with E-state index >= 15 is 0 Å². The normalized spacial score (nSPS) is 25.1. The third kappa shape index (κ3) is 3.95. The summed E-state index contributed by atoms with van der Waals surface area (Å²) in [5, 5.41) is 9.35. The fourth-order valence-corrected chi connectivity index (χ4v) is 3.23. The van der Waals surface area contributed by atoms with Crippen LogP contribution >= 0.6 is 0 Å². The molecule has 1 rings (SSSR count). The largest absolute Gasteiger partial charge is 0.481 e. The number of carboxylic acids is 1. The summed E-state index contributed by atoms with van der Waals surface area (Å²) in [7, 11) is 0. The van der Waals surface area contributed by atoms with Crippen molar-refractivity contribution in [1.82, 2.24) is 4.90 Å².